The molecule has 0 bridgehead atoms. The van der Waals surface area contributed by atoms with E-state index in [1.165, 1.54) is 13.2 Å². The number of urea groups is 1. The van der Waals surface area contributed by atoms with Crippen LogP contribution in [0.1, 0.15) is 0 Å². The van der Waals surface area contributed by atoms with Gasteiger partial charge in [-0.1, -0.05) is 11.6 Å². The van der Waals surface area contributed by atoms with Crippen LogP contribution in [-0.4, -0.2) is 42.0 Å². The molecule has 4 N–H and O–H groups in total. The maximum Gasteiger partial charge on any atom is 0.328 e. The minimum atomic E-state index is -1.37. The van der Waals surface area contributed by atoms with Crippen LogP contribution in [0.5, 0.6) is 5.75 Å². The quantitative estimate of drug-likeness (QED) is 0.644. The second-order valence-corrected chi connectivity index (χ2v) is 3.93. The van der Waals surface area contributed by atoms with Crippen molar-refractivity contribution in [1.82, 2.24) is 5.32 Å². The molecule has 0 radical (unpaired) electrons. The average molecular weight is 289 g/mol. The van der Waals surface area contributed by atoms with Gasteiger partial charge in [0.25, 0.3) is 0 Å². The molecular weight excluding hydrogens is 276 g/mol. The van der Waals surface area contributed by atoms with Crippen molar-refractivity contribution in [2.45, 2.75) is 6.04 Å². The summed E-state index contributed by atoms with van der Waals surface area (Å²) >= 11 is 5.87. The van der Waals surface area contributed by atoms with Crippen LogP contribution in [0.15, 0.2) is 18.2 Å². The molecule has 7 nitrogen and oxygen atoms in total. The smallest absolute Gasteiger partial charge is 0.328 e. The van der Waals surface area contributed by atoms with E-state index in [4.69, 9.17) is 26.6 Å². The normalized spacial score (nSPS) is 11.5. The van der Waals surface area contributed by atoms with Crippen LogP contribution in [0.2, 0.25) is 5.02 Å². The van der Waals surface area contributed by atoms with Crippen molar-refractivity contribution >= 4 is 29.3 Å². The molecule has 8 heteroatoms. The summed E-state index contributed by atoms with van der Waals surface area (Å²) in [6.45, 7) is -0.702. The zero-order chi connectivity index (χ0) is 14.4. The van der Waals surface area contributed by atoms with E-state index < -0.39 is 24.6 Å². The molecule has 0 saturated carbocycles. The molecule has 0 fully saturated rings. The zero-order valence-electron chi connectivity index (χ0n) is 10.0. The number of ether oxygens (including phenoxy) is 1. The summed E-state index contributed by atoms with van der Waals surface area (Å²) in [7, 11) is 1.46. The number of aliphatic hydroxyl groups is 1. The number of halogens is 1. The summed E-state index contributed by atoms with van der Waals surface area (Å²) in [5, 5.41) is 22.2. The van der Waals surface area contributed by atoms with Crippen LogP contribution in [0.3, 0.4) is 0 Å². The van der Waals surface area contributed by atoms with Crippen molar-refractivity contribution in [3.63, 3.8) is 0 Å². The first-order valence-electron chi connectivity index (χ1n) is 5.22. The molecule has 19 heavy (non-hydrogen) atoms. The van der Waals surface area contributed by atoms with Crippen molar-refractivity contribution in [1.29, 1.82) is 0 Å². The zero-order valence-corrected chi connectivity index (χ0v) is 10.8. The van der Waals surface area contributed by atoms with E-state index in [0.29, 0.717) is 16.5 Å². The van der Waals surface area contributed by atoms with Gasteiger partial charge in [0.2, 0.25) is 0 Å². The second-order valence-electron chi connectivity index (χ2n) is 3.52. The van der Waals surface area contributed by atoms with E-state index in [1.54, 1.807) is 12.1 Å². The van der Waals surface area contributed by atoms with E-state index in [-0.39, 0.29) is 0 Å². The first kappa shape index (κ1) is 15.1. The van der Waals surface area contributed by atoms with Gasteiger partial charge in [-0.05, 0) is 18.2 Å². The lowest BCUT2D eigenvalue weighted by atomic mass is 10.3. The molecule has 0 spiro atoms. The summed E-state index contributed by atoms with van der Waals surface area (Å²) in [5.41, 5.74) is 0.366. The molecule has 0 aliphatic heterocycles. The Hall–Kier alpha value is -1.99. The van der Waals surface area contributed by atoms with Gasteiger partial charge in [-0.15, -0.1) is 0 Å². The van der Waals surface area contributed by atoms with Gasteiger partial charge in [0.15, 0.2) is 6.04 Å². The van der Waals surface area contributed by atoms with Crippen LogP contribution in [0, 0.1) is 0 Å². The summed E-state index contributed by atoms with van der Waals surface area (Å²) < 4.78 is 4.95. The lowest BCUT2D eigenvalue weighted by molar-refractivity contribution is -0.140. The second kappa shape index (κ2) is 6.81. The average Bonchev–Trinajstić information content (AvgIpc) is 2.35. The van der Waals surface area contributed by atoms with Gasteiger partial charge >= 0.3 is 12.0 Å². The number of amides is 2. The number of rotatable bonds is 5. The molecule has 0 aliphatic rings. The van der Waals surface area contributed by atoms with Crippen molar-refractivity contribution < 1.29 is 24.5 Å². The van der Waals surface area contributed by atoms with Gasteiger partial charge in [-0.3, -0.25) is 0 Å². The van der Waals surface area contributed by atoms with E-state index in [1.807, 2.05) is 0 Å². The molecule has 0 unspecified atom stereocenters. The summed E-state index contributed by atoms with van der Waals surface area (Å²) in [5.74, 6) is -0.878. The Bertz CT molecular complexity index is 480. The predicted octanol–water partition coefficient (Wildman–Crippen LogP) is 0.916. The predicted molar refractivity (Wildman–Crippen MR) is 68.7 cm³/mol. The molecule has 1 rings (SSSR count). The Labute approximate surface area is 114 Å². The fraction of sp³-hybridized carbons (Fsp3) is 0.273. The van der Waals surface area contributed by atoms with Crippen molar-refractivity contribution in [3.8, 4) is 5.75 Å². The highest BCUT2D eigenvalue weighted by Gasteiger charge is 2.18. The largest absolute Gasteiger partial charge is 0.495 e. The molecule has 1 aromatic rings. The molecule has 1 atom stereocenters. The Morgan fingerprint density at radius 3 is 2.63 bits per heavy atom. The number of carboxylic acid groups (broad SMARTS) is 1. The van der Waals surface area contributed by atoms with Gasteiger partial charge in [-0.2, -0.15) is 0 Å². The molecule has 2 amide bonds. The number of benzene rings is 1. The number of aliphatic hydroxyl groups excluding tert-OH is 1. The number of hydrogen-bond acceptors (Lipinski definition) is 4. The third kappa shape index (κ3) is 4.31. The molecule has 0 heterocycles. The number of carboxylic acids is 1. The highest BCUT2D eigenvalue weighted by molar-refractivity contribution is 6.32. The van der Waals surface area contributed by atoms with Gasteiger partial charge in [0, 0.05) is 5.69 Å². The fourth-order valence-electron chi connectivity index (χ4n) is 1.26. The monoisotopic (exact) mass is 288 g/mol. The maximum absolute atomic E-state index is 11.5. The number of aliphatic carboxylic acids is 1. The molecule has 1 aromatic carbocycles. The van der Waals surface area contributed by atoms with E-state index in [0.717, 1.165) is 0 Å². The fourth-order valence-corrected chi connectivity index (χ4v) is 1.51. The molecule has 104 valence electrons. The minimum absolute atomic E-state index is 0.303. The first-order chi connectivity index (χ1) is 8.97. The number of carbonyl (C=O) groups is 2. The van der Waals surface area contributed by atoms with E-state index in [2.05, 4.69) is 10.6 Å². The van der Waals surface area contributed by atoms with Crippen LogP contribution in [-0.2, 0) is 4.79 Å². The minimum Gasteiger partial charge on any atom is -0.495 e. The Morgan fingerprint density at radius 1 is 1.47 bits per heavy atom. The summed E-state index contributed by atoms with van der Waals surface area (Å²) in [4.78, 5) is 22.1. The highest BCUT2D eigenvalue weighted by atomic mass is 35.5. The first-order valence-corrected chi connectivity index (χ1v) is 5.60. The topological polar surface area (TPSA) is 108 Å². The lowest BCUT2D eigenvalue weighted by Gasteiger charge is -2.13. The van der Waals surface area contributed by atoms with Gasteiger partial charge in [-0.25, -0.2) is 9.59 Å². The molecule has 0 aliphatic carbocycles. The van der Waals surface area contributed by atoms with E-state index in [9.17, 15) is 9.59 Å². The van der Waals surface area contributed by atoms with Crippen LogP contribution in [0.4, 0.5) is 10.5 Å². The molecule has 0 saturated heterocycles. The number of methoxy groups -OCH3 is 1. The van der Waals surface area contributed by atoms with Crippen LogP contribution < -0.4 is 15.4 Å². The maximum atomic E-state index is 11.5. The number of anilines is 1. The van der Waals surface area contributed by atoms with E-state index >= 15 is 0 Å². The van der Waals surface area contributed by atoms with Crippen molar-refractivity contribution in [3.05, 3.63) is 23.2 Å². The number of carbonyl (C=O) groups excluding carboxylic acids is 1. The Kier molecular flexibility index (Phi) is 5.40. The highest BCUT2D eigenvalue weighted by Crippen LogP contribution is 2.27. The van der Waals surface area contributed by atoms with Crippen LogP contribution >= 0.6 is 11.6 Å². The number of nitrogens with one attached hydrogen (secondary N) is 2. The van der Waals surface area contributed by atoms with Gasteiger partial charge in [0.1, 0.15) is 5.75 Å². The summed E-state index contributed by atoms with van der Waals surface area (Å²) in [6, 6.07) is 2.42. The third-order valence-corrected chi connectivity index (χ3v) is 2.49. The third-order valence-electron chi connectivity index (χ3n) is 2.20. The van der Waals surface area contributed by atoms with Crippen molar-refractivity contribution in [2.75, 3.05) is 19.0 Å². The van der Waals surface area contributed by atoms with Gasteiger partial charge in [0.05, 0.1) is 18.7 Å². The van der Waals surface area contributed by atoms with Gasteiger partial charge < -0.3 is 25.6 Å². The molecular formula is C11H13ClN2O5. The number of hydrogen-bond donors (Lipinski definition) is 4. The SMILES string of the molecule is COc1ccc(NC(=O)N[C@@H](CO)C(=O)O)cc1Cl. The lowest BCUT2D eigenvalue weighted by Crippen LogP contribution is -2.45. The van der Waals surface area contributed by atoms with Crippen LogP contribution in [0.25, 0.3) is 0 Å². The summed E-state index contributed by atoms with van der Waals surface area (Å²) in [6.07, 6.45) is 0. The standard InChI is InChI=1S/C11H13ClN2O5/c1-19-9-3-2-6(4-7(9)12)13-11(18)14-8(5-15)10(16)17/h2-4,8,15H,5H2,1H3,(H,16,17)(H2,13,14,18)/t8-/m0/s1. The van der Waals surface area contributed by atoms with Crippen molar-refractivity contribution in [2.24, 2.45) is 0 Å². The Balaban J connectivity index is 2.67. The molecule has 0 aromatic heterocycles. The Morgan fingerprint density at radius 2 is 2.16 bits per heavy atom.